The summed E-state index contributed by atoms with van der Waals surface area (Å²) in [7, 11) is 0. The molecule has 0 aromatic heterocycles. The standard InChI is InChI=1S/C22H33N3O7/c1-6-25(17(27)14-24-21(30)32-22(3,4)5)19(15-10-8-9-11-16(15)26)20(29)23-13-12-18(28)31-7-2/h8-11,19,26H,6-7,12-14H2,1-5H3,(H,23,29)(H,24,30). The predicted molar refractivity (Wildman–Crippen MR) is 117 cm³/mol. The van der Waals surface area contributed by atoms with E-state index in [2.05, 4.69) is 10.6 Å². The van der Waals surface area contributed by atoms with Crippen LogP contribution in [0.5, 0.6) is 5.75 Å². The third kappa shape index (κ3) is 8.83. The second kappa shape index (κ2) is 12.5. The molecule has 1 aromatic carbocycles. The molecule has 178 valence electrons. The van der Waals surface area contributed by atoms with Crippen molar-refractivity contribution < 1.29 is 33.8 Å². The minimum Gasteiger partial charge on any atom is -0.508 e. The number of likely N-dealkylation sites (N-methyl/N-ethyl adjacent to an activating group) is 1. The smallest absolute Gasteiger partial charge is 0.408 e. The van der Waals surface area contributed by atoms with Crippen LogP contribution in [-0.4, -0.2) is 65.7 Å². The molecule has 0 spiro atoms. The Hall–Kier alpha value is -3.30. The molecule has 0 heterocycles. The Bertz CT molecular complexity index is 805. The summed E-state index contributed by atoms with van der Waals surface area (Å²) in [5.41, 5.74) is -0.511. The lowest BCUT2D eigenvalue weighted by molar-refractivity contribution is -0.143. The SMILES string of the molecule is CCOC(=O)CCNC(=O)C(c1ccccc1O)N(CC)C(=O)CNC(=O)OC(C)(C)C. The fraction of sp³-hybridized carbons (Fsp3) is 0.545. The van der Waals surface area contributed by atoms with E-state index in [1.54, 1.807) is 46.8 Å². The number of nitrogens with zero attached hydrogens (tertiary/aromatic N) is 1. The number of rotatable bonds is 10. The number of phenolic OH excluding ortho intramolecular Hbond substituents is 1. The number of hydrogen-bond donors (Lipinski definition) is 3. The van der Waals surface area contributed by atoms with Gasteiger partial charge in [0, 0.05) is 18.7 Å². The first-order valence-electron chi connectivity index (χ1n) is 10.5. The number of ether oxygens (including phenoxy) is 2. The van der Waals surface area contributed by atoms with Crippen LogP contribution in [0.15, 0.2) is 24.3 Å². The molecule has 0 saturated heterocycles. The fourth-order valence-electron chi connectivity index (χ4n) is 2.85. The number of phenols is 1. The van der Waals surface area contributed by atoms with Crippen LogP contribution >= 0.6 is 0 Å². The number of carbonyl (C=O) groups excluding carboxylic acids is 4. The van der Waals surface area contributed by atoms with Crippen LogP contribution in [-0.2, 0) is 23.9 Å². The highest BCUT2D eigenvalue weighted by atomic mass is 16.6. The van der Waals surface area contributed by atoms with Crippen LogP contribution in [0.1, 0.15) is 52.6 Å². The Morgan fingerprint density at radius 2 is 1.75 bits per heavy atom. The number of alkyl carbamates (subject to hydrolysis) is 1. The highest BCUT2D eigenvalue weighted by molar-refractivity contribution is 5.91. The van der Waals surface area contributed by atoms with Crippen molar-refractivity contribution in [1.82, 2.24) is 15.5 Å². The molecule has 0 aliphatic carbocycles. The highest BCUT2D eigenvalue weighted by Crippen LogP contribution is 2.29. The predicted octanol–water partition coefficient (Wildman–Crippen LogP) is 1.88. The Morgan fingerprint density at radius 3 is 2.31 bits per heavy atom. The molecule has 1 aromatic rings. The van der Waals surface area contributed by atoms with Crippen molar-refractivity contribution in [3.8, 4) is 5.75 Å². The van der Waals surface area contributed by atoms with E-state index in [1.807, 2.05) is 0 Å². The van der Waals surface area contributed by atoms with E-state index < -0.39 is 42.1 Å². The second-order valence-corrected chi connectivity index (χ2v) is 7.84. The van der Waals surface area contributed by atoms with Crippen LogP contribution in [0, 0.1) is 0 Å². The van der Waals surface area contributed by atoms with Crippen molar-refractivity contribution in [2.24, 2.45) is 0 Å². The minimum atomic E-state index is -1.17. The maximum atomic E-state index is 13.0. The lowest BCUT2D eigenvalue weighted by atomic mass is 10.0. The molecule has 0 saturated carbocycles. The number of para-hydroxylation sites is 1. The first-order chi connectivity index (χ1) is 15.0. The van der Waals surface area contributed by atoms with Gasteiger partial charge < -0.3 is 30.1 Å². The summed E-state index contributed by atoms with van der Waals surface area (Å²) in [6.07, 6.45) is -0.798. The Morgan fingerprint density at radius 1 is 1.09 bits per heavy atom. The second-order valence-electron chi connectivity index (χ2n) is 7.84. The number of benzene rings is 1. The maximum Gasteiger partial charge on any atom is 0.408 e. The molecule has 1 atom stereocenters. The topological polar surface area (TPSA) is 134 Å². The number of hydrogen-bond acceptors (Lipinski definition) is 7. The van der Waals surface area contributed by atoms with Crippen LogP contribution in [0.25, 0.3) is 0 Å². The number of esters is 1. The molecule has 3 N–H and O–H groups in total. The zero-order valence-corrected chi connectivity index (χ0v) is 19.3. The van der Waals surface area contributed by atoms with Gasteiger partial charge in [-0.2, -0.15) is 0 Å². The van der Waals surface area contributed by atoms with Crippen LogP contribution in [0.4, 0.5) is 4.79 Å². The van der Waals surface area contributed by atoms with E-state index in [4.69, 9.17) is 9.47 Å². The molecule has 10 nitrogen and oxygen atoms in total. The molecule has 0 bridgehead atoms. The Labute approximate surface area is 188 Å². The molecule has 3 amide bonds. The largest absolute Gasteiger partial charge is 0.508 e. The Balaban J connectivity index is 2.99. The van der Waals surface area contributed by atoms with Crippen molar-refractivity contribution in [2.45, 2.75) is 52.7 Å². The Kier molecular flexibility index (Phi) is 10.5. The van der Waals surface area contributed by atoms with Gasteiger partial charge in [0.05, 0.1) is 13.0 Å². The molecule has 0 fully saturated rings. The summed E-state index contributed by atoms with van der Waals surface area (Å²) >= 11 is 0. The summed E-state index contributed by atoms with van der Waals surface area (Å²) in [5.74, 6) is -1.75. The number of nitrogens with one attached hydrogen (secondary N) is 2. The minimum absolute atomic E-state index is 0.00364. The lowest BCUT2D eigenvalue weighted by Crippen LogP contribution is -2.48. The number of aromatic hydroxyl groups is 1. The van der Waals surface area contributed by atoms with E-state index in [-0.39, 0.29) is 37.4 Å². The third-order valence-electron chi connectivity index (χ3n) is 4.17. The van der Waals surface area contributed by atoms with Gasteiger partial charge in [0.1, 0.15) is 23.9 Å². The number of amides is 3. The van der Waals surface area contributed by atoms with Gasteiger partial charge in [-0.15, -0.1) is 0 Å². The summed E-state index contributed by atoms with van der Waals surface area (Å²) < 4.78 is 9.96. The van der Waals surface area contributed by atoms with Gasteiger partial charge in [-0.05, 0) is 40.7 Å². The number of carbonyl (C=O) groups is 4. The van der Waals surface area contributed by atoms with E-state index in [9.17, 15) is 24.3 Å². The molecule has 32 heavy (non-hydrogen) atoms. The quantitative estimate of drug-likeness (QED) is 0.462. The first-order valence-corrected chi connectivity index (χ1v) is 10.5. The van der Waals surface area contributed by atoms with E-state index in [1.165, 1.54) is 17.0 Å². The van der Waals surface area contributed by atoms with Crippen LogP contribution in [0.3, 0.4) is 0 Å². The molecule has 0 radical (unpaired) electrons. The van der Waals surface area contributed by atoms with Gasteiger partial charge in [0.25, 0.3) is 0 Å². The molecular weight excluding hydrogens is 418 g/mol. The highest BCUT2D eigenvalue weighted by Gasteiger charge is 2.32. The van der Waals surface area contributed by atoms with Gasteiger partial charge in [-0.1, -0.05) is 18.2 Å². The monoisotopic (exact) mass is 451 g/mol. The van der Waals surface area contributed by atoms with Crippen molar-refractivity contribution in [3.63, 3.8) is 0 Å². The fourth-order valence-corrected chi connectivity index (χ4v) is 2.85. The average Bonchev–Trinajstić information content (AvgIpc) is 2.69. The van der Waals surface area contributed by atoms with Crippen LogP contribution in [0.2, 0.25) is 0 Å². The van der Waals surface area contributed by atoms with E-state index in [0.29, 0.717) is 0 Å². The van der Waals surface area contributed by atoms with E-state index >= 15 is 0 Å². The van der Waals surface area contributed by atoms with Gasteiger partial charge in [0.2, 0.25) is 11.8 Å². The molecule has 1 rings (SSSR count). The first kappa shape index (κ1) is 26.7. The third-order valence-corrected chi connectivity index (χ3v) is 4.17. The van der Waals surface area contributed by atoms with Gasteiger partial charge in [-0.25, -0.2) is 4.79 Å². The van der Waals surface area contributed by atoms with Gasteiger partial charge >= 0.3 is 12.1 Å². The van der Waals surface area contributed by atoms with Crippen LogP contribution < -0.4 is 10.6 Å². The molecule has 1 unspecified atom stereocenters. The normalized spacial score (nSPS) is 11.8. The molecule has 0 aliphatic heterocycles. The zero-order chi connectivity index (χ0) is 24.3. The van der Waals surface area contributed by atoms with Crippen molar-refractivity contribution in [3.05, 3.63) is 29.8 Å². The van der Waals surface area contributed by atoms with Crippen molar-refractivity contribution in [1.29, 1.82) is 0 Å². The molecule has 10 heteroatoms. The average molecular weight is 452 g/mol. The zero-order valence-electron chi connectivity index (χ0n) is 19.3. The molecule has 0 aliphatic rings. The summed E-state index contributed by atoms with van der Waals surface area (Å²) in [4.78, 5) is 50.5. The summed E-state index contributed by atoms with van der Waals surface area (Å²) in [5, 5.41) is 15.3. The maximum absolute atomic E-state index is 13.0. The molecular formula is C22H33N3O7. The van der Waals surface area contributed by atoms with E-state index in [0.717, 1.165) is 0 Å². The van der Waals surface area contributed by atoms with Crippen molar-refractivity contribution in [2.75, 3.05) is 26.2 Å². The van der Waals surface area contributed by atoms with Gasteiger partial charge in [0.15, 0.2) is 0 Å². The van der Waals surface area contributed by atoms with Gasteiger partial charge in [-0.3, -0.25) is 14.4 Å². The summed E-state index contributed by atoms with van der Waals surface area (Å²) in [6, 6.07) is 4.99. The lowest BCUT2D eigenvalue weighted by Gasteiger charge is -2.31. The van der Waals surface area contributed by atoms with Crippen molar-refractivity contribution >= 4 is 23.9 Å². The summed E-state index contributed by atoms with van der Waals surface area (Å²) in [6.45, 7) is 8.40.